The highest BCUT2D eigenvalue weighted by Gasteiger charge is 2.22. The SMILES string of the molecule is COc1ccc(S(=O)(=O)N[C@@H](CO)Cc2cnn(C)c2)c(C)c1. The number of benzene rings is 1. The van der Waals surface area contributed by atoms with E-state index in [0.29, 0.717) is 17.7 Å². The van der Waals surface area contributed by atoms with Gasteiger partial charge in [-0.2, -0.15) is 5.10 Å². The molecule has 0 aliphatic rings. The van der Waals surface area contributed by atoms with E-state index in [-0.39, 0.29) is 11.5 Å². The first kappa shape index (κ1) is 17.5. The third-order valence-electron chi connectivity index (χ3n) is 3.45. The Kier molecular flexibility index (Phi) is 5.40. The summed E-state index contributed by atoms with van der Waals surface area (Å²) in [5, 5.41) is 13.5. The number of aliphatic hydroxyl groups excluding tert-OH is 1. The van der Waals surface area contributed by atoms with Crippen LogP contribution in [0, 0.1) is 6.92 Å². The molecule has 0 spiro atoms. The number of nitrogens with zero attached hydrogens (tertiary/aromatic N) is 2. The molecule has 0 aliphatic carbocycles. The van der Waals surface area contributed by atoms with Crippen molar-refractivity contribution in [1.82, 2.24) is 14.5 Å². The zero-order valence-electron chi connectivity index (χ0n) is 13.4. The topological polar surface area (TPSA) is 93.5 Å². The third-order valence-corrected chi connectivity index (χ3v) is 5.13. The van der Waals surface area contributed by atoms with Gasteiger partial charge in [-0.15, -0.1) is 0 Å². The molecule has 0 radical (unpaired) electrons. The Hall–Kier alpha value is -1.90. The maximum atomic E-state index is 12.5. The predicted octanol–water partition coefficient (Wildman–Crippen LogP) is 0.619. The minimum Gasteiger partial charge on any atom is -0.497 e. The van der Waals surface area contributed by atoms with Crippen LogP contribution < -0.4 is 9.46 Å². The molecule has 2 rings (SSSR count). The fourth-order valence-corrected chi connectivity index (χ4v) is 3.79. The van der Waals surface area contributed by atoms with E-state index in [1.165, 1.54) is 13.2 Å². The fourth-order valence-electron chi connectivity index (χ4n) is 2.34. The first-order valence-corrected chi connectivity index (χ1v) is 8.59. The Morgan fingerprint density at radius 1 is 1.43 bits per heavy atom. The molecule has 0 unspecified atom stereocenters. The number of aryl methyl sites for hydroxylation is 2. The largest absolute Gasteiger partial charge is 0.497 e. The number of sulfonamides is 1. The number of aliphatic hydroxyl groups is 1. The van der Waals surface area contributed by atoms with Crippen LogP contribution in [0.25, 0.3) is 0 Å². The van der Waals surface area contributed by atoms with Gasteiger partial charge in [-0.25, -0.2) is 13.1 Å². The summed E-state index contributed by atoms with van der Waals surface area (Å²) >= 11 is 0. The second kappa shape index (κ2) is 7.12. The van der Waals surface area contributed by atoms with Crippen LogP contribution >= 0.6 is 0 Å². The molecule has 0 saturated carbocycles. The average Bonchev–Trinajstić information content (AvgIpc) is 2.90. The molecule has 8 heteroatoms. The molecular formula is C15H21N3O4S. The van der Waals surface area contributed by atoms with Crippen molar-refractivity contribution in [3.05, 3.63) is 41.7 Å². The van der Waals surface area contributed by atoms with Gasteiger partial charge in [0.1, 0.15) is 5.75 Å². The van der Waals surface area contributed by atoms with Crippen LogP contribution in [0.5, 0.6) is 5.75 Å². The second-order valence-corrected chi connectivity index (χ2v) is 7.04. The van der Waals surface area contributed by atoms with E-state index < -0.39 is 16.1 Å². The molecule has 1 heterocycles. The van der Waals surface area contributed by atoms with E-state index in [0.717, 1.165) is 5.56 Å². The van der Waals surface area contributed by atoms with Crippen LogP contribution in [0.15, 0.2) is 35.5 Å². The minimum atomic E-state index is -3.73. The van der Waals surface area contributed by atoms with E-state index >= 15 is 0 Å². The molecule has 2 aromatic rings. The van der Waals surface area contributed by atoms with Gasteiger partial charge < -0.3 is 9.84 Å². The summed E-state index contributed by atoms with van der Waals surface area (Å²) in [6.45, 7) is 1.40. The smallest absolute Gasteiger partial charge is 0.241 e. The van der Waals surface area contributed by atoms with Crippen molar-refractivity contribution >= 4 is 10.0 Å². The molecule has 1 atom stereocenters. The van der Waals surface area contributed by atoms with Gasteiger partial charge in [-0.3, -0.25) is 4.68 Å². The zero-order chi connectivity index (χ0) is 17.0. The molecule has 126 valence electrons. The van der Waals surface area contributed by atoms with Gasteiger partial charge in [0, 0.05) is 19.3 Å². The molecular weight excluding hydrogens is 318 g/mol. The average molecular weight is 339 g/mol. The second-order valence-electron chi connectivity index (χ2n) is 5.36. The summed E-state index contributed by atoms with van der Waals surface area (Å²) in [4.78, 5) is 0.169. The number of hydrogen-bond acceptors (Lipinski definition) is 5. The monoisotopic (exact) mass is 339 g/mol. The van der Waals surface area contributed by atoms with Crippen LogP contribution in [0.4, 0.5) is 0 Å². The van der Waals surface area contributed by atoms with Gasteiger partial charge in [-0.1, -0.05) is 0 Å². The standard InChI is InChI=1S/C15H21N3O4S/c1-11-6-14(22-3)4-5-15(11)23(20,21)17-13(10-19)7-12-8-16-18(2)9-12/h4-6,8-9,13,17,19H,7,10H2,1-3H3/t13-/m1/s1. The number of hydrogen-bond donors (Lipinski definition) is 2. The summed E-state index contributed by atoms with van der Waals surface area (Å²) in [5.41, 5.74) is 1.43. The highest BCUT2D eigenvalue weighted by Crippen LogP contribution is 2.21. The highest BCUT2D eigenvalue weighted by atomic mass is 32.2. The molecule has 0 fully saturated rings. The first-order valence-electron chi connectivity index (χ1n) is 7.11. The Bertz CT molecular complexity index is 771. The Morgan fingerprint density at radius 2 is 2.17 bits per heavy atom. The molecule has 0 saturated heterocycles. The lowest BCUT2D eigenvalue weighted by Crippen LogP contribution is -2.39. The molecule has 1 aromatic carbocycles. The van der Waals surface area contributed by atoms with Gasteiger partial charge in [-0.05, 0) is 42.7 Å². The summed E-state index contributed by atoms with van der Waals surface area (Å²) < 4.78 is 34.3. The van der Waals surface area contributed by atoms with Crippen molar-refractivity contribution in [3.8, 4) is 5.75 Å². The lowest BCUT2D eigenvalue weighted by atomic mass is 10.1. The van der Waals surface area contributed by atoms with Gasteiger partial charge in [0.25, 0.3) is 0 Å². The molecule has 0 aliphatic heterocycles. The number of aromatic nitrogens is 2. The van der Waals surface area contributed by atoms with E-state index in [2.05, 4.69) is 9.82 Å². The summed E-state index contributed by atoms with van der Waals surface area (Å²) in [6.07, 6.45) is 3.80. The first-order chi connectivity index (χ1) is 10.9. The summed E-state index contributed by atoms with van der Waals surface area (Å²) in [6, 6.07) is 4.13. The molecule has 2 N–H and O–H groups in total. The fraction of sp³-hybridized carbons (Fsp3) is 0.400. The molecule has 0 amide bonds. The van der Waals surface area contributed by atoms with Crippen molar-refractivity contribution in [2.45, 2.75) is 24.3 Å². The Labute approximate surface area is 136 Å². The maximum Gasteiger partial charge on any atom is 0.241 e. The summed E-state index contributed by atoms with van der Waals surface area (Å²) in [7, 11) is -0.429. The quantitative estimate of drug-likeness (QED) is 0.771. The van der Waals surface area contributed by atoms with Gasteiger partial charge in [0.05, 0.1) is 24.8 Å². The van der Waals surface area contributed by atoms with Crippen molar-refractivity contribution in [2.24, 2.45) is 7.05 Å². The summed E-state index contributed by atoms with van der Waals surface area (Å²) in [5.74, 6) is 0.593. The zero-order valence-corrected chi connectivity index (χ0v) is 14.2. The van der Waals surface area contributed by atoms with Crippen molar-refractivity contribution in [2.75, 3.05) is 13.7 Å². The maximum absolute atomic E-state index is 12.5. The predicted molar refractivity (Wildman–Crippen MR) is 85.8 cm³/mol. The molecule has 23 heavy (non-hydrogen) atoms. The van der Waals surface area contributed by atoms with Crippen molar-refractivity contribution in [3.63, 3.8) is 0 Å². The van der Waals surface area contributed by atoms with Crippen LogP contribution in [-0.2, 0) is 23.5 Å². The van der Waals surface area contributed by atoms with E-state index in [1.54, 1.807) is 43.2 Å². The molecule has 1 aromatic heterocycles. The number of nitrogens with one attached hydrogen (secondary N) is 1. The van der Waals surface area contributed by atoms with Crippen molar-refractivity contribution in [1.29, 1.82) is 0 Å². The van der Waals surface area contributed by atoms with Gasteiger partial charge in [0.15, 0.2) is 0 Å². The lowest BCUT2D eigenvalue weighted by molar-refractivity contribution is 0.256. The van der Waals surface area contributed by atoms with Crippen molar-refractivity contribution < 1.29 is 18.3 Å². The van der Waals surface area contributed by atoms with Crippen LogP contribution in [0.2, 0.25) is 0 Å². The highest BCUT2D eigenvalue weighted by molar-refractivity contribution is 7.89. The number of ether oxygens (including phenoxy) is 1. The van der Waals surface area contributed by atoms with E-state index in [9.17, 15) is 13.5 Å². The number of methoxy groups -OCH3 is 1. The van der Waals surface area contributed by atoms with E-state index in [4.69, 9.17) is 4.74 Å². The van der Waals surface area contributed by atoms with Crippen LogP contribution in [0.1, 0.15) is 11.1 Å². The van der Waals surface area contributed by atoms with Crippen LogP contribution in [-0.4, -0.2) is 43.1 Å². The number of rotatable bonds is 7. The Morgan fingerprint density at radius 3 is 2.70 bits per heavy atom. The van der Waals surface area contributed by atoms with Crippen LogP contribution in [0.3, 0.4) is 0 Å². The van der Waals surface area contributed by atoms with Gasteiger partial charge >= 0.3 is 0 Å². The molecule has 7 nitrogen and oxygen atoms in total. The normalized spacial score (nSPS) is 13.0. The third kappa shape index (κ3) is 4.31. The minimum absolute atomic E-state index is 0.169. The van der Waals surface area contributed by atoms with Gasteiger partial charge in [0.2, 0.25) is 10.0 Å². The molecule has 0 bridgehead atoms. The lowest BCUT2D eigenvalue weighted by Gasteiger charge is -2.17. The van der Waals surface area contributed by atoms with E-state index in [1.807, 2.05) is 0 Å². The Balaban J connectivity index is 2.18.